The molecule has 4 aromatic heterocycles. The average Bonchev–Trinajstić information content (AvgIpc) is 3.98. The van der Waals surface area contributed by atoms with Gasteiger partial charge in [0.1, 0.15) is 5.01 Å². The Bertz CT molecular complexity index is 2900. The normalized spacial score (nSPS) is 11.7. The van der Waals surface area contributed by atoms with Gasteiger partial charge in [0.05, 0.1) is 10.2 Å². The van der Waals surface area contributed by atoms with E-state index < -0.39 is 0 Å². The molecule has 0 aliphatic carbocycles. The minimum absolute atomic E-state index is 0.601. The van der Waals surface area contributed by atoms with E-state index in [-0.39, 0.29) is 0 Å². The number of hydrogen-bond acceptors (Lipinski definition) is 7. The summed E-state index contributed by atoms with van der Waals surface area (Å²) in [4.78, 5) is 26.0. The molecule has 0 unspecified atom stereocenters. The van der Waals surface area contributed by atoms with Crippen molar-refractivity contribution in [1.29, 1.82) is 0 Å². The van der Waals surface area contributed by atoms with Crippen LogP contribution < -0.4 is 5.59 Å². The van der Waals surface area contributed by atoms with Crippen LogP contribution in [-0.2, 0) is 0 Å². The first-order valence-corrected chi connectivity index (χ1v) is 21.1. The summed E-state index contributed by atoms with van der Waals surface area (Å²) in [6.07, 6.45) is 11.9. The maximum absolute atomic E-state index is 5.16. The standard InChI is InChI=1S/C49H40B2N6S2/c1-7-10-24-38-31(4)57(49-53-40(9-3)43(59-49)30-50-5)44(51-6)39(38)28-32(8-2)35-22-17-23-37(27-35)48-52-41-29-36(25-26-42(41)58-48)47-55-45(33-18-13-11-14-19-33)54-46(56-47)34-20-15-12-16-21-34/h7-30,51H,1-3H2,4-6H3/b24-10-,32-28+. The van der Waals surface area contributed by atoms with E-state index in [4.69, 9.17) is 24.9 Å². The van der Waals surface area contributed by atoms with Crippen LogP contribution in [0.4, 0.5) is 0 Å². The predicted molar refractivity (Wildman–Crippen MR) is 258 cm³/mol. The minimum atomic E-state index is 0.601. The Kier molecular flexibility index (Phi) is 11.6. The molecule has 4 aromatic carbocycles. The number of benzene rings is 4. The van der Waals surface area contributed by atoms with Crippen molar-refractivity contribution in [2.75, 3.05) is 0 Å². The second-order valence-corrected chi connectivity index (χ2v) is 15.8. The van der Waals surface area contributed by atoms with Crippen molar-refractivity contribution >= 4 is 82.5 Å². The van der Waals surface area contributed by atoms with Gasteiger partial charge in [-0.3, -0.25) is 0 Å². The first-order chi connectivity index (χ1) is 28.9. The number of aromatic nitrogens is 6. The van der Waals surface area contributed by atoms with E-state index in [1.807, 2.05) is 98.7 Å². The van der Waals surface area contributed by atoms with Crippen LogP contribution in [0.1, 0.15) is 33.0 Å². The van der Waals surface area contributed by atoms with Gasteiger partial charge >= 0.3 is 191 Å². The fraction of sp³-hybridized carbons (Fsp3) is 0.0612. The Morgan fingerprint density at radius 1 is 0.729 bits per heavy atom. The first-order valence-electron chi connectivity index (χ1n) is 19.4. The van der Waals surface area contributed by atoms with E-state index in [1.165, 1.54) is 5.59 Å². The molecule has 8 rings (SSSR count). The molecule has 0 saturated carbocycles. The van der Waals surface area contributed by atoms with E-state index in [2.05, 4.69) is 98.6 Å². The van der Waals surface area contributed by atoms with E-state index in [0.717, 1.165) is 88.4 Å². The maximum atomic E-state index is 5.16. The molecular formula is C49H40B2N6S2. The SMILES string of the molecule is C=C/C=C\c1c(/C=C(\C=C)c2cccc(-c3nc4cc(-c5nc(-c6ccccc6)nc(-c6ccccc6)n5)ccc4s3)c2)c(BC)n(-c2nc(C=C)c(/C=B\C)s2)c1C. The fourth-order valence-electron chi connectivity index (χ4n) is 7.16. The molecule has 0 atom stereocenters. The van der Waals surface area contributed by atoms with Crippen LogP contribution in [-0.4, -0.2) is 49.7 Å². The zero-order chi connectivity index (χ0) is 40.9. The van der Waals surface area contributed by atoms with Gasteiger partial charge in [0.15, 0.2) is 17.5 Å². The monoisotopic (exact) mass is 798 g/mol. The van der Waals surface area contributed by atoms with Gasteiger partial charge in [-0.15, -0.1) is 11.3 Å². The molecule has 6 nitrogen and oxygen atoms in total. The van der Waals surface area contributed by atoms with Crippen LogP contribution in [0.3, 0.4) is 0 Å². The molecule has 0 aliphatic heterocycles. The predicted octanol–water partition coefficient (Wildman–Crippen LogP) is 11.3. The van der Waals surface area contributed by atoms with Crippen molar-refractivity contribution in [2.24, 2.45) is 0 Å². The van der Waals surface area contributed by atoms with Crippen LogP contribution >= 0.6 is 22.7 Å². The number of nitrogens with zero attached hydrogens (tertiary/aromatic N) is 6. The van der Waals surface area contributed by atoms with E-state index in [1.54, 1.807) is 22.7 Å². The molecule has 0 saturated heterocycles. The van der Waals surface area contributed by atoms with Crippen molar-refractivity contribution in [3.8, 4) is 49.9 Å². The van der Waals surface area contributed by atoms with Crippen LogP contribution in [0, 0.1) is 6.92 Å². The van der Waals surface area contributed by atoms with Crippen LogP contribution in [0.5, 0.6) is 0 Å². The van der Waals surface area contributed by atoms with Gasteiger partial charge in [-0.05, 0) is 18.2 Å². The summed E-state index contributed by atoms with van der Waals surface area (Å²) in [5.41, 5.74) is 12.1. The van der Waals surface area contributed by atoms with Crippen molar-refractivity contribution < 1.29 is 0 Å². The summed E-state index contributed by atoms with van der Waals surface area (Å²) >= 11 is 3.33. The van der Waals surface area contributed by atoms with Gasteiger partial charge in [0.25, 0.3) is 0 Å². The second kappa shape index (κ2) is 17.5. The molecule has 0 aliphatic rings. The summed E-state index contributed by atoms with van der Waals surface area (Å²) in [5, 5.41) is 1.85. The van der Waals surface area contributed by atoms with Crippen LogP contribution in [0.15, 0.2) is 141 Å². The molecule has 0 N–H and O–H groups in total. The quantitative estimate of drug-likeness (QED) is 0.0858. The topological polar surface area (TPSA) is 69.4 Å². The number of allylic oxidation sites excluding steroid dienone is 4. The zero-order valence-corrected chi connectivity index (χ0v) is 34.9. The second-order valence-electron chi connectivity index (χ2n) is 13.7. The van der Waals surface area contributed by atoms with Gasteiger partial charge in [-0.25, -0.2) is 19.9 Å². The summed E-state index contributed by atoms with van der Waals surface area (Å²) in [6.45, 7) is 20.7. The van der Waals surface area contributed by atoms with Crippen molar-refractivity contribution in [3.63, 3.8) is 0 Å². The van der Waals surface area contributed by atoms with Crippen molar-refractivity contribution in [2.45, 2.75) is 20.6 Å². The molecular weight excluding hydrogens is 758 g/mol. The molecule has 10 heteroatoms. The van der Waals surface area contributed by atoms with Crippen molar-refractivity contribution in [3.05, 3.63) is 174 Å². The Balaban J connectivity index is 1.18. The molecule has 59 heavy (non-hydrogen) atoms. The molecule has 0 bridgehead atoms. The summed E-state index contributed by atoms with van der Waals surface area (Å²) in [5.74, 6) is 3.94. The van der Waals surface area contributed by atoms with Gasteiger partial charge in [0.2, 0.25) is 0 Å². The Hall–Kier alpha value is -6.61. The summed E-state index contributed by atoms with van der Waals surface area (Å²) < 4.78 is 3.37. The Labute approximate surface area is 354 Å². The first kappa shape index (κ1) is 39.2. The molecule has 0 radical (unpaired) electrons. The number of rotatable bonds is 13. The van der Waals surface area contributed by atoms with Crippen molar-refractivity contribution in [1.82, 2.24) is 29.5 Å². The average molecular weight is 799 g/mol. The van der Waals surface area contributed by atoms with Gasteiger partial charge in [-0.2, -0.15) is 0 Å². The van der Waals surface area contributed by atoms with E-state index in [0.29, 0.717) is 17.5 Å². The van der Waals surface area contributed by atoms with E-state index in [9.17, 15) is 0 Å². The number of fused-ring (bicyclic) bond motifs is 1. The third-order valence-corrected chi connectivity index (χ3v) is 12.1. The number of hydrogen-bond donors (Lipinski definition) is 0. The van der Waals surface area contributed by atoms with Crippen LogP contribution in [0.2, 0.25) is 13.6 Å². The number of thiazole rings is 2. The molecule has 4 heterocycles. The molecule has 8 aromatic rings. The molecule has 0 fully saturated rings. The van der Waals surface area contributed by atoms with Crippen LogP contribution in [0.25, 0.3) is 83.9 Å². The van der Waals surface area contributed by atoms with Gasteiger partial charge in [-0.1, -0.05) is 66.7 Å². The third kappa shape index (κ3) is 7.97. The Morgan fingerprint density at radius 3 is 2.03 bits per heavy atom. The fourth-order valence-corrected chi connectivity index (χ4v) is 9.22. The molecule has 0 amide bonds. The van der Waals surface area contributed by atoms with Gasteiger partial charge < -0.3 is 0 Å². The summed E-state index contributed by atoms with van der Waals surface area (Å²) in [7, 11) is 0.806. The Morgan fingerprint density at radius 2 is 1.41 bits per heavy atom. The van der Waals surface area contributed by atoms with Gasteiger partial charge in [0, 0.05) is 16.7 Å². The summed E-state index contributed by atoms with van der Waals surface area (Å²) in [6, 6.07) is 34.8. The van der Waals surface area contributed by atoms with E-state index >= 15 is 0 Å². The molecule has 0 spiro atoms. The zero-order valence-electron chi connectivity index (χ0n) is 33.3. The molecule has 284 valence electrons. The third-order valence-electron chi connectivity index (χ3n) is 10.0.